The van der Waals surface area contributed by atoms with Crippen molar-refractivity contribution in [1.29, 1.82) is 0 Å². The number of halogens is 1. The molecule has 0 spiro atoms. The Balaban J connectivity index is 0.00000162. The number of amides is 2. The number of rotatable bonds is 4. The highest BCUT2D eigenvalue weighted by molar-refractivity contribution is 8.93. The molecule has 0 atom stereocenters. The smallest absolute Gasteiger partial charge is 0.319 e. The number of para-hydroxylation sites is 1. The number of hydrogen-bond acceptors (Lipinski definition) is 2. The second-order valence-corrected chi connectivity index (χ2v) is 4.30. The van der Waals surface area contributed by atoms with E-state index in [0.717, 1.165) is 12.2 Å². The first-order valence-corrected chi connectivity index (χ1v) is 6.17. The third kappa shape index (κ3) is 5.06. The fraction of sp³-hybridized carbons (Fsp3) is 0.462. The van der Waals surface area contributed by atoms with Gasteiger partial charge in [0.25, 0.3) is 0 Å². The average molecular weight is 314 g/mol. The summed E-state index contributed by atoms with van der Waals surface area (Å²) >= 11 is 0. The lowest BCUT2D eigenvalue weighted by atomic mass is 10.3. The molecule has 1 saturated heterocycles. The summed E-state index contributed by atoms with van der Waals surface area (Å²) in [5, 5.41) is 5.67. The molecule has 2 amide bonds. The monoisotopic (exact) mass is 313 g/mol. The van der Waals surface area contributed by atoms with Gasteiger partial charge in [0, 0.05) is 18.8 Å². The molecule has 0 aliphatic carbocycles. The molecule has 2 N–H and O–H groups in total. The first-order chi connectivity index (χ1) is 8.34. The number of anilines is 1. The Morgan fingerprint density at radius 1 is 1.17 bits per heavy atom. The van der Waals surface area contributed by atoms with E-state index in [0.29, 0.717) is 6.54 Å². The number of hydrogen-bond donors (Lipinski definition) is 2. The molecule has 1 aliphatic rings. The summed E-state index contributed by atoms with van der Waals surface area (Å²) in [6, 6.07) is 9.35. The highest BCUT2D eigenvalue weighted by Gasteiger charge is 2.10. The van der Waals surface area contributed by atoms with Gasteiger partial charge in [0.05, 0.1) is 0 Å². The summed E-state index contributed by atoms with van der Waals surface area (Å²) < 4.78 is 0. The van der Waals surface area contributed by atoms with Crippen molar-refractivity contribution in [2.45, 2.75) is 12.8 Å². The third-order valence-electron chi connectivity index (χ3n) is 2.94. The zero-order chi connectivity index (χ0) is 11.9. The second kappa shape index (κ2) is 8.11. The van der Waals surface area contributed by atoms with Crippen LogP contribution in [0.25, 0.3) is 0 Å². The van der Waals surface area contributed by atoms with Crippen molar-refractivity contribution in [3.8, 4) is 0 Å². The maximum absolute atomic E-state index is 11.5. The molecule has 0 unspecified atom stereocenters. The van der Waals surface area contributed by atoms with Crippen LogP contribution in [0.15, 0.2) is 30.3 Å². The van der Waals surface area contributed by atoms with Crippen LogP contribution < -0.4 is 10.6 Å². The first kappa shape index (κ1) is 15.0. The minimum absolute atomic E-state index is 0. The Kier molecular flexibility index (Phi) is 6.75. The zero-order valence-corrected chi connectivity index (χ0v) is 12.1. The predicted molar refractivity (Wildman–Crippen MR) is 79.5 cm³/mol. The molecule has 0 saturated carbocycles. The van der Waals surface area contributed by atoms with Crippen LogP contribution in [0, 0.1) is 0 Å². The van der Waals surface area contributed by atoms with Crippen molar-refractivity contribution < 1.29 is 4.79 Å². The molecule has 18 heavy (non-hydrogen) atoms. The van der Waals surface area contributed by atoms with Gasteiger partial charge in [0.1, 0.15) is 0 Å². The highest BCUT2D eigenvalue weighted by Crippen LogP contribution is 2.06. The first-order valence-electron chi connectivity index (χ1n) is 6.17. The molecule has 5 heteroatoms. The summed E-state index contributed by atoms with van der Waals surface area (Å²) in [7, 11) is 0. The van der Waals surface area contributed by atoms with Crippen LogP contribution in [-0.4, -0.2) is 37.1 Å². The lowest BCUT2D eigenvalue weighted by Crippen LogP contribution is -2.35. The largest absolute Gasteiger partial charge is 0.337 e. The minimum atomic E-state index is -0.129. The summed E-state index contributed by atoms with van der Waals surface area (Å²) in [6.45, 7) is 3.99. The molecular formula is C13H20BrN3O. The Morgan fingerprint density at radius 2 is 1.83 bits per heavy atom. The topological polar surface area (TPSA) is 44.4 Å². The number of nitrogens with zero attached hydrogens (tertiary/aromatic N) is 1. The van der Waals surface area contributed by atoms with Crippen LogP contribution in [0.3, 0.4) is 0 Å². The van der Waals surface area contributed by atoms with E-state index in [2.05, 4.69) is 15.5 Å². The molecular weight excluding hydrogens is 294 g/mol. The van der Waals surface area contributed by atoms with E-state index in [-0.39, 0.29) is 23.0 Å². The van der Waals surface area contributed by atoms with Gasteiger partial charge in [-0.3, -0.25) is 0 Å². The van der Waals surface area contributed by atoms with Gasteiger partial charge in [-0.05, 0) is 38.1 Å². The van der Waals surface area contributed by atoms with Gasteiger partial charge in [0.2, 0.25) is 0 Å². The normalized spacial score (nSPS) is 14.9. The standard InChI is InChI=1S/C13H19N3O.BrH/c17-13(15-12-6-2-1-3-7-12)14-8-11-16-9-4-5-10-16;/h1-3,6-7H,4-5,8-11H2,(H2,14,15,17);1H. The molecule has 0 aromatic heterocycles. The quantitative estimate of drug-likeness (QED) is 0.897. The van der Waals surface area contributed by atoms with Gasteiger partial charge >= 0.3 is 6.03 Å². The SMILES string of the molecule is Br.O=C(NCCN1CCCC1)Nc1ccccc1. The van der Waals surface area contributed by atoms with E-state index in [1.54, 1.807) is 0 Å². The van der Waals surface area contributed by atoms with E-state index < -0.39 is 0 Å². The molecule has 1 aliphatic heterocycles. The minimum Gasteiger partial charge on any atom is -0.337 e. The fourth-order valence-corrected chi connectivity index (χ4v) is 2.03. The van der Waals surface area contributed by atoms with Gasteiger partial charge < -0.3 is 15.5 Å². The Morgan fingerprint density at radius 3 is 2.50 bits per heavy atom. The predicted octanol–water partition coefficient (Wildman–Crippen LogP) is 2.48. The highest BCUT2D eigenvalue weighted by atomic mass is 79.9. The maximum Gasteiger partial charge on any atom is 0.319 e. The number of carbonyl (C=O) groups excluding carboxylic acids is 1. The van der Waals surface area contributed by atoms with E-state index in [4.69, 9.17) is 0 Å². The molecule has 1 fully saturated rings. The lowest BCUT2D eigenvalue weighted by Gasteiger charge is -2.14. The number of urea groups is 1. The van der Waals surface area contributed by atoms with Crippen LogP contribution >= 0.6 is 17.0 Å². The Bertz CT molecular complexity index is 353. The van der Waals surface area contributed by atoms with Gasteiger partial charge in [0.15, 0.2) is 0 Å². The number of carbonyl (C=O) groups is 1. The Hall–Kier alpha value is -1.07. The summed E-state index contributed by atoms with van der Waals surface area (Å²) in [4.78, 5) is 13.9. The van der Waals surface area contributed by atoms with Crippen molar-refractivity contribution in [3.63, 3.8) is 0 Å². The van der Waals surface area contributed by atoms with Gasteiger partial charge in [-0.15, -0.1) is 17.0 Å². The lowest BCUT2D eigenvalue weighted by molar-refractivity contribution is 0.249. The van der Waals surface area contributed by atoms with E-state index in [9.17, 15) is 4.79 Å². The van der Waals surface area contributed by atoms with Crippen molar-refractivity contribution in [2.75, 3.05) is 31.5 Å². The van der Waals surface area contributed by atoms with Crippen LogP contribution in [0.1, 0.15) is 12.8 Å². The van der Waals surface area contributed by atoms with Crippen LogP contribution in [0.5, 0.6) is 0 Å². The summed E-state index contributed by atoms with van der Waals surface area (Å²) in [5.74, 6) is 0. The number of nitrogens with one attached hydrogen (secondary N) is 2. The van der Waals surface area contributed by atoms with Crippen molar-refractivity contribution in [1.82, 2.24) is 10.2 Å². The number of likely N-dealkylation sites (tertiary alicyclic amines) is 1. The van der Waals surface area contributed by atoms with Crippen molar-refractivity contribution in [2.24, 2.45) is 0 Å². The summed E-state index contributed by atoms with van der Waals surface area (Å²) in [5.41, 5.74) is 0.825. The number of benzene rings is 1. The summed E-state index contributed by atoms with van der Waals surface area (Å²) in [6.07, 6.45) is 2.58. The molecule has 100 valence electrons. The van der Waals surface area contributed by atoms with Crippen molar-refractivity contribution >= 4 is 28.7 Å². The molecule has 0 radical (unpaired) electrons. The fourth-order valence-electron chi connectivity index (χ4n) is 2.03. The maximum atomic E-state index is 11.5. The van der Waals surface area contributed by atoms with E-state index in [1.165, 1.54) is 25.9 Å². The molecule has 1 aromatic rings. The van der Waals surface area contributed by atoms with E-state index in [1.807, 2.05) is 30.3 Å². The molecule has 1 aromatic carbocycles. The Labute approximate surface area is 119 Å². The van der Waals surface area contributed by atoms with Gasteiger partial charge in [-0.2, -0.15) is 0 Å². The molecule has 2 rings (SSSR count). The van der Waals surface area contributed by atoms with Crippen LogP contribution in [-0.2, 0) is 0 Å². The average Bonchev–Trinajstić information content (AvgIpc) is 2.83. The van der Waals surface area contributed by atoms with Crippen molar-refractivity contribution in [3.05, 3.63) is 30.3 Å². The third-order valence-corrected chi connectivity index (χ3v) is 2.94. The molecule has 1 heterocycles. The molecule has 4 nitrogen and oxygen atoms in total. The van der Waals surface area contributed by atoms with E-state index >= 15 is 0 Å². The second-order valence-electron chi connectivity index (χ2n) is 4.30. The van der Waals surface area contributed by atoms with Crippen LogP contribution in [0.4, 0.5) is 10.5 Å². The zero-order valence-electron chi connectivity index (χ0n) is 10.4. The molecule has 0 bridgehead atoms. The van der Waals surface area contributed by atoms with Gasteiger partial charge in [-0.25, -0.2) is 4.79 Å². The van der Waals surface area contributed by atoms with Gasteiger partial charge in [-0.1, -0.05) is 18.2 Å². The van der Waals surface area contributed by atoms with Crippen LogP contribution in [0.2, 0.25) is 0 Å².